The number of fused-ring (bicyclic) bond motifs is 1. The summed E-state index contributed by atoms with van der Waals surface area (Å²) in [5.41, 5.74) is 2.77. The van der Waals surface area contributed by atoms with Gasteiger partial charge in [-0.15, -0.1) is 0 Å². The molecule has 0 aliphatic carbocycles. The van der Waals surface area contributed by atoms with Crippen molar-refractivity contribution in [1.29, 1.82) is 0 Å². The number of aromatic nitrogens is 2. The van der Waals surface area contributed by atoms with Crippen LogP contribution in [0.2, 0.25) is 0 Å². The number of hydrogen-bond acceptors (Lipinski definition) is 6. The van der Waals surface area contributed by atoms with Crippen molar-refractivity contribution in [2.45, 2.75) is 31.7 Å². The summed E-state index contributed by atoms with van der Waals surface area (Å²) in [6, 6.07) is 4.42. The molecule has 0 bridgehead atoms. The van der Waals surface area contributed by atoms with E-state index in [0.717, 1.165) is 23.4 Å². The summed E-state index contributed by atoms with van der Waals surface area (Å²) in [6.07, 6.45) is 0.728. The van der Waals surface area contributed by atoms with E-state index in [9.17, 15) is 13.2 Å². The van der Waals surface area contributed by atoms with Crippen molar-refractivity contribution in [3.8, 4) is 11.5 Å². The fourth-order valence-electron chi connectivity index (χ4n) is 3.06. The highest BCUT2D eigenvalue weighted by Gasteiger charge is 2.21. The smallest absolute Gasteiger partial charge is 0.241 e. The van der Waals surface area contributed by atoms with Crippen LogP contribution in [0.3, 0.4) is 0 Å². The maximum absolute atomic E-state index is 12.6. The van der Waals surface area contributed by atoms with E-state index in [1.54, 1.807) is 17.8 Å². The van der Waals surface area contributed by atoms with E-state index in [1.165, 1.54) is 17.0 Å². The number of sulfonamides is 1. The third kappa shape index (κ3) is 4.70. The molecular weight excluding hydrogens is 396 g/mol. The normalized spacial score (nSPS) is 13.8. The second-order valence-electron chi connectivity index (χ2n) is 7.01. The molecule has 1 aromatic heterocycles. The number of carbonyl (C=O) groups is 1. The minimum Gasteiger partial charge on any atom is -0.490 e. The molecule has 158 valence electrons. The van der Waals surface area contributed by atoms with Gasteiger partial charge in [-0.2, -0.15) is 5.10 Å². The van der Waals surface area contributed by atoms with Gasteiger partial charge in [-0.05, 0) is 26.0 Å². The summed E-state index contributed by atoms with van der Waals surface area (Å²) < 4.78 is 40.4. The molecule has 0 atom stereocenters. The topological polar surface area (TPSA) is 103 Å². The lowest BCUT2D eigenvalue weighted by Gasteiger charge is -2.18. The number of nitrogens with one attached hydrogen (secondary N) is 1. The molecule has 10 heteroatoms. The zero-order chi connectivity index (χ0) is 21.2. The van der Waals surface area contributed by atoms with Crippen LogP contribution < -0.4 is 14.2 Å². The van der Waals surface area contributed by atoms with Gasteiger partial charge in [0.05, 0.1) is 30.3 Å². The van der Waals surface area contributed by atoms with E-state index in [2.05, 4.69) is 9.82 Å². The van der Waals surface area contributed by atoms with Crippen LogP contribution in [0, 0.1) is 13.8 Å². The number of rotatable bonds is 6. The highest BCUT2D eigenvalue weighted by molar-refractivity contribution is 7.89. The van der Waals surface area contributed by atoms with Crippen LogP contribution in [-0.2, 0) is 28.4 Å². The molecule has 0 unspecified atom stereocenters. The molecule has 1 amide bonds. The van der Waals surface area contributed by atoms with Crippen molar-refractivity contribution in [3.63, 3.8) is 0 Å². The summed E-state index contributed by atoms with van der Waals surface area (Å²) in [4.78, 5) is 14.0. The first-order valence-electron chi connectivity index (χ1n) is 9.31. The van der Waals surface area contributed by atoms with Crippen molar-refractivity contribution in [3.05, 3.63) is 35.2 Å². The molecule has 1 aromatic carbocycles. The van der Waals surface area contributed by atoms with Crippen LogP contribution in [0.25, 0.3) is 0 Å². The Labute approximate surface area is 170 Å². The largest absolute Gasteiger partial charge is 0.490 e. The molecule has 0 saturated heterocycles. The Balaban J connectivity index is 1.65. The first-order valence-corrected chi connectivity index (χ1v) is 10.8. The molecule has 2 aromatic rings. The van der Waals surface area contributed by atoms with Crippen molar-refractivity contribution < 1.29 is 22.7 Å². The van der Waals surface area contributed by atoms with Gasteiger partial charge in [-0.25, -0.2) is 13.1 Å². The maximum atomic E-state index is 12.6. The van der Waals surface area contributed by atoms with Gasteiger partial charge in [-0.1, -0.05) is 0 Å². The third-order valence-corrected chi connectivity index (χ3v) is 6.32. The number of aryl methyl sites for hydroxylation is 2. The number of amides is 1. The highest BCUT2D eigenvalue weighted by atomic mass is 32.2. The highest BCUT2D eigenvalue weighted by Crippen LogP contribution is 2.31. The van der Waals surface area contributed by atoms with Crippen LogP contribution in [-0.4, -0.2) is 55.8 Å². The number of benzene rings is 1. The zero-order valence-electron chi connectivity index (χ0n) is 17.1. The SMILES string of the molecule is Cc1nn(C)c(C)c1CN(C)C(=O)CNS(=O)(=O)c1ccc2c(c1)OCCCO2. The molecule has 9 nitrogen and oxygen atoms in total. The van der Waals surface area contributed by atoms with E-state index < -0.39 is 10.0 Å². The van der Waals surface area contributed by atoms with Gasteiger partial charge in [0.25, 0.3) is 0 Å². The zero-order valence-corrected chi connectivity index (χ0v) is 17.9. The predicted octanol–water partition coefficient (Wildman–Crippen LogP) is 1.14. The molecule has 1 aliphatic heterocycles. The number of carbonyl (C=O) groups excluding carboxylic acids is 1. The first-order chi connectivity index (χ1) is 13.7. The fraction of sp³-hybridized carbons (Fsp3) is 0.474. The van der Waals surface area contributed by atoms with Crippen molar-refractivity contribution >= 4 is 15.9 Å². The minimum atomic E-state index is -3.87. The lowest BCUT2D eigenvalue weighted by molar-refractivity contribution is -0.129. The summed E-state index contributed by atoms with van der Waals surface area (Å²) in [6.45, 7) is 4.81. The number of hydrogen-bond donors (Lipinski definition) is 1. The van der Waals surface area contributed by atoms with E-state index >= 15 is 0 Å². The van der Waals surface area contributed by atoms with Crippen molar-refractivity contribution in [2.24, 2.45) is 7.05 Å². The van der Waals surface area contributed by atoms with Gasteiger partial charge in [0.15, 0.2) is 11.5 Å². The van der Waals surface area contributed by atoms with Crippen LogP contribution >= 0.6 is 0 Å². The van der Waals surface area contributed by atoms with Crippen LogP contribution in [0.4, 0.5) is 0 Å². The van der Waals surface area contributed by atoms with Crippen LogP contribution in [0.1, 0.15) is 23.4 Å². The molecule has 3 rings (SSSR count). The van der Waals surface area contributed by atoms with Crippen LogP contribution in [0.5, 0.6) is 11.5 Å². The molecule has 0 spiro atoms. The fourth-order valence-corrected chi connectivity index (χ4v) is 4.05. The van der Waals surface area contributed by atoms with Crippen LogP contribution in [0.15, 0.2) is 23.1 Å². The predicted molar refractivity (Wildman–Crippen MR) is 106 cm³/mol. The lowest BCUT2D eigenvalue weighted by Crippen LogP contribution is -2.38. The number of nitrogens with zero attached hydrogens (tertiary/aromatic N) is 3. The summed E-state index contributed by atoms with van der Waals surface area (Å²) in [7, 11) is -0.389. The second-order valence-corrected chi connectivity index (χ2v) is 8.77. The third-order valence-electron chi connectivity index (χ3n) is 4.92. The Hall–Kier alpha value is -2.59. The quantitative estimate of drug-likeness (QED) is 0.749. The minimum absolute atomic E-state index is 0.0242. The van der Waals surface area contributed by atoms with Gasteiger partial charge in [0.2, 0.25) is 15.9 Å². The molecule has 0 radical (unpaired) electrons. The molecule has 2 heterocycles. The lowest BCUT2D eigenvalue weighted by atomic mass is 10.2. The first kappa shape index (κ1) is 21.1. The number of ether oxygens (including phenoxy) is 2. The Kier molecular flexibility index (Phi) is 6.13. The van der Waals surface area contributed by atoms with E-state index in [1.807, 2.05) is 20.9 Å². The maximum Gasteiger partial charge on any atom is 0.241 e. The van der Waals surface area contributed by atoms with E-state index in [4.69, 9.17) is 9.47 Å². The molecule has 0 saturated carbocycles. The average molecular weight is 423 g/mol. The number of likely N-dealkylation sites (N-methyl/N-ethyl adjacent to an activating group) is 1. The molecule has 1 N–H and O–H groups in total. The second kappa shape index (κ2) is 8.42. The molecule has 29 heavy (non-hydrogen) atoms. The van der Waals surface area contributed by atoms with Gasteiger partial charge in [0, 0.05) is 44.4 Å². The average Bonchev–Trinajstić information content (AvgIpc) is 2.86. The van der Waals surface area contributed by atoms with Gasteiger partial charge in [0.1, 0.15) is 0 Å². The molecule has 0 fully saturated rings. The summed E-state index contributed by atoms with van der Waals surface area (Å²) in [5, 5.41) is 4.33. The Morgan fingerprint density at radius 1 is 1.24 bits per heavy atom. The Morgan fingerprint density at radius 3 is 2.59 bits per heavy atom. The standard InChI is InChI=1S/C19H26N4O5S/c1-13-16(14(2)23(4)21-13)12-22(3)19(24)11-20-29(25,26)15-6-7-17-18(10-15)28-9-5-8-27-17/h6-7,10,20H,5,8-9,11-12H2,1-4H3. The Morgan fingerprint density at radius 2 is 1.93 bits per heavy atom. The van der Waals surface area contributed by atoms with E-state index in [0.29, 0.717) is 31.3 Å². The van der Waals surface area contributed by atoms with E-state index in [-0.39, 0.29) is 17.3 Å². The molecular formula is C19H26N4O5S. The van der Waals surface area contributed by atoms with Gasteiger partial charge in [-0.3, -0.25) is 9.48 Å². The summed E-state index contributed by atoms with van der Waals surface area (Å²) in [5.74, 6) is 0.557. The van der Waals surface area contributed by atoms with Crippen molar-refractivity contribution in [2.75, 3.05) is 26.8 Å². The summed E-state index contributed by atoms with van der Waals surface area (Å²) >= 11 is 0. The molecule has 1 aliphatic rings. The Bertz CT molecular complexity index is 1020. The van der Waals surface area contributed by atoms with Crippen molar-refractivity contribution in [1.82, 2.24) is 19.4 Å². The van der Waals surface area contributed by atoms with Gasteiger partial charge < -0.3 is 14.4 Å². The van der Waals surface area contributed by atoms with Gasteiger partial charge >= 0.3 is 0 Å². The monoisotopic (exact) mass is 422 g/mol.